The lowest BCUT2D eigenvalue weighted by Crippen LogP contribution is -3.01. The second-order valence-electron chi connectivity index (χ2n) is 4.76. The van der Waals surface area contributed by atoms with Crippen molar-refractivity contribution in [2.45, 2.75) is 0 Å². The summed E-state index contributed by atoms with van der Waals surface area (Å²) in [6.45, 7) is 0. The molecule has 0 saturated heterocycles. The van der Waals surface area contributed by atoms with Gasteiger partial charge in [0.2, 0.25) is 0 Å². The predicted molar refractivity (Wildman–Crippen MR) is 81.2 cm³/mol. The van der Waals surface area contributed by atoms with Crippen LogP contribution in [0.5, 0.6) is 0 Å². The fraction of sp³-hybridized carbons (Fsp3) is 0. The van der Waals surface area contributed by atoms with Crippen LogP contribution in [0.4, 0.5) is 11.4 Å². The number of aromatic nitrogens is 1. The van der Waals surface area contributed by atoms with E-state index in [1.54, 1.807) is 18.2 Å². The summed E-state index contributed by atoms with van der Waals surface area (Å²) >= 11 is 0. The monoisotopic (exact) mass is 325 g/mol. The highest BCUT2D eigenvalue weighted by molar-refractivity contribution is 5.94. The minimum absolute atomic E-state index is 0.147. The van der Waals surface area contributed by atoms with Gasteiger partial charge in [0, 0.05) is 18.5 Å². The Balaban J connectivity index is 1.98. The number of rotatable bonds is 3. The lowest BCUT2D eigenvalue weighted by Gasteiger charge is -2.31. The molecular formula is C15H11N5O4. The van der Waals surface area contributed by atoms with Crippen LogP contribution >= 0.6 is 0 Å². The van der Waals surface area contributed by atoms with E-state index in [1.807, 2.05) is 0 Å². The largest absolute Gasteiger partial charge is 0.622 e. The molecule has 24 heavy (non-hydrogen) atoms. The van der Waals surface area contributed by atoms with Crippen LogP contribution in [0.25, 0.3) is 0 Å². The minimum Gasteiger partial charge on any atom is -0.622 e. The van der Waals surface area contributed by atoms with Gasteiger partial charge in [-0.25, -0.2) is 5.06 Å². The van der Waals surface area contributed by atoms with Crippen molar-refractivity contribution >= 4 is 23.6 Å². The van der Waals surface area contributed by atoms with E-state index >= 15 is 0 Å². The molecule has 3 rings (SSSR count). The summed E-state index contributed by atoms with van der Waals surface area (Å²) in [5.41, 5.74) is 0.0935. The Bertz CT molecular complexity index is 850. The molecule has 0 saturated carbocycles. The summed E-state index contributed by atoms with van der Waals surface area (Å²) in [6.07, 6.45) is 3.07. The van der Waals surface area contributed by atoms with Crippen LogP contribution in [-0.4, -0.2) is 22.4 Å². The maximum absolute atomic E-state index is 12.4. The lowest BCUT2D eigenvalue weighted by molar-refractivity contribution is -0.733. The first-order chi connectivity index (χ1) is 11.6. The highest BCUT2D eigenvalue weighted by atomic mass is 16.5. The number of fused-ring (bicyclic) bond motifs is 1. The zero-order valence-corrected chi connectivity index (χ0v) is 12.2. The molecule has 0 bridgehead atoms. The van der Waals surface area contributed by atoms with Gasteiger partial charge in [-0.1, -0.05) is 17.2 Å². The van der Waals surface area contributed by atoms with Crippen LogP contribution in [0.2, 0.25) is 0 Å². The fourth-order valence-corrected chi connectivity index (χ4v) is 2.17. The number of hydrogen-bond acceptors (Lipinski definition) is 7. The summed E-state index contributed by atoms with van der Waals surface area (Å²) in [6, 6.07) is 9.20. The predicted octanol–water partition coefficient (Wildman–Crippen LogP) is 0.966. The molecule has 0 fully saturated rings. The van der Waals surface area contributed by atoms with Crippen LogP contribution < -0.4 is 10.1 Å². The van der Waals surface area contributed by atoms with E-state index in [9.17, 15) is 20.0 Å². The quantitative estimate of drug-likeness (QED) is 0.492. The molecule has 2 heterocycles. The number of amides is 1. The molecule has 1 aromatic carbocycles. The number of hydrogen-bond donors (Lipinski definition) is 2. The van der Waals surface area contributed by atoms with Crippen molar-refractivity contribution in [3.63, 3.8) is 0 Å². The SMILES string of the molecule is O=CC1=C(N=NC(=O)c2cccnc2)[NH+]([O-])c2ccccc2N1O. The van der Waals surface area contributed by atoms with Crippen LogP contribution in [0, 0.1) is 5.21 Å². The van der Waals surface area contributed by atoms with Crippen LogP contribution in [-0.2, 0) is 4.79 Å². The third kappa shape index (κ3) is 2.70. The second-order valence-corrected chi connectivity index (χ2v) is 4.76. The normalized spacial score (nSPS) is 17.1. The van der Waals surface area contributed by atoms with Crippen molar-refractivity contribution < 1.29 is 19.9 Å². The van der Waals surface area contributed by atoms with Crippen LogP contribution in [0.15, 0.2) is 70.5 Å². The number of nitrogens with one attached hydrogen (secondary N) is 1. The van der Waals surface area contributed by atoms with Crippen LogP contribution in [0.3, 0.4) is 0 Å². The van der Waals surface area contributed by atoms with Gasteiger partial charge >= 0.3 is 0 Å². The Morgan fingerprint density at radius 2 is 2.08 bits per heavy atom. The zero-order chi connectivity index (χ0) is 17.1. The highest BCUT2D eigenvalue weighted by Crippen LogP contribution is 2.28. The van der Waals surface area contributed by atoms with Crippen LogP contribution in [0.1, 0.15) is 10.4 Å². The standard InChI is InChI=1S/C15H11N5O4/c21-9-13-14(17-18-15(22)10-4-3-7-16-8-10)20(24)12-6-2-1-5-11(12)19(13)23/h1-9,20,23H. The molecule has 1 amide bonds. The average molecular weight is 325 g/mol. The number of nitrogens with zero attached hydrogens (tertiary/aromatic N) is 4. The van der Waals surface area contributed by atoms with Gasteiger partial charge in [0.15, 0.2) is 17.7 Å². The number of quaternary nitrogens is 1. The van der Waals surface area contributed by atoms with Crippen molar-refractivity contribution in [3.05, 3.63) is 71.1 Å². The minimum atomic E-state index is -0.725. The molecule has 120 valence electrons. The number of pyridine rings is 1. The first-order valence-electron chi connectivity index (χ1n) is 6.81. The number of anilines is 1. The van der Waals surface area contributed by atoms with Crippen molar-refractivity contribution in [1.29, 1.82) is 0 Å². The van der Waals surface area contributed by atoms with Crippen molar-refractivity contribution in [3.8, 4) is 0 Å². The molecule has 2 N–H and O–H groups in total. The summed E-state index contributed by atoms with van der Waals surface area (Å²) in [5, 5.41) is 29.5. The average Bonchev–Trinajstić information content (AvgIpc) is 2.64. The van der Waals surface area contributed by atoms with Gasteiger partial charge < -0.3 is 5.21 Å². The zero-order valence-electron chi connectivity index (χ0n) is 12.2. The van der Waals surface area contributed by atoms with Gasteiger partial charge in [-0.3, -0.25) is 24.8 Å². The smallest absolute Gasteiger partial charge is 0.297 e. The van der Waals surface area contributed by atoms with E-state index in [1.165, 1.54) is 30.6 Å². The van der Waals surface area contributed by atoms with Gasteiger partial charge in [0.25, 0.3) is 11.7 Å². The molecule has 0 radical (unpaired) electrons. The molecule has 1 atom stereocenters. The van der Waals surface area contributed by atoms with E-state index in [-0.39, 0.29) is 28.9 Å². The molecule has 1 aromatic heterocycles. The van der Waals surface area contributed by atoms with E-state index in [2.05, 4.69) is 15.2 Å². The number of benzene rings is 1. The summed E-state index contributed by atoms with van der Waals surface area (Å²) in [5.74, 6) is -1.14. The Hall–Kier alpha value is -3.27. The van der Waals surface area contributed by atoms with Gasteiger partial charge in [-0.15, -0.1) is 5.11 Å². The molecule has 2 aromatic rings. The van der Waals surface area contributed by atoms with E-state index in [0.29, 0.717) is 5.06 Å². The van der Waals surface area contributed by atoms with E-state index in [4.69, 9.17) is 0 Å². The fourth-order valence-electron chi connectivity index (χ4n) is 2.17. The van der Waals surface area contributed by atoms with Gasteiger partial charge in [0.1, 0.15) is 5.69 Å². The van der Waals surface area contributed by atoms with Crippen molar-refractivity contribution in [2.24, 2.45) is 10.2 Å². The Morgan fingerprint density at radius 1 is 1.29 bits per heavy atom. The number of para-hydroxylation sites is 2. The Kier molecular flexibility index (Phi) is 4.20. The number of azo groups is 1. The maximum atomic E-state index is 12.4. The van der Waals surface area contributed by atoms with E-state index in [0.717, 1.165) is 0 Å². The Labute approximate surface area is 135 Å². The van der Waals surface area contributed by atoms with Gasteiger partial charge in [-0.2, -0.15) is 0 Å². The summed E-state index contributed by atoms with van der Waals surface area (Å²) < 4.78 is 0. The van der Waals surface area contributed by atoms with Gasteiger partial charge in [0.05, 0.1) is 5.56 Å². The number of aldehydes is 1. The topological polar surface area (TPSA) is 123 Å². The third-order valence-electron chi connectivity index (χ3n) is 3.32. The molecule has 9 heteroatoms. The van der Waals surface area contributed by atoms with E-state index < -0.39 is 16.8 Å². The van der Waals surface area contributed by atoms with Crippen molar-refractivity contribution in [1.82, 2.24) is 4.98 Å². The lowest BCUT2D eigenvalue weighted by atomic mass is 10.2. The number of hydroxylamine groups is 2. The molecular weight excluding hydrogens is 314 g/mol. The number of carbonyl (C=O) groups excluding carboxylic acids is 2. The van der Waals surface area contributed by atoms with Crippen molar-refractivity contribution in [2.75, 3.05) is 5.06 Å². The molecule has 0 spiro atoms. The Morgan fingerprint density at radius 3 is 2.79 bits per heavy atom. The molecule has 9 nitrogen and oxygen atoms in total. The van der Waals surface area contributed by atoms with Gasteiger partial charge in [-0.05, 0) is 18.2 Å². The maximum Gasteiger partial charge on any atom is 0.297 e. The third-order valence-corrected chi connectivity index (χ3v) is 3.32. The summed E-state index contributed by atoms with van der Waals surface area (Å²) in [4.78, 5) is 26.9. The summed E-state index contributed by atoms with van der Waals surface area (Å²) in [7, 11) is 0. The first kappa shape index (κ1) is 15.6. The first-order valence-corrected chi connectivity index (χ1v) is 6.81. The molecule has 1 aliphatic heterocycles. The number of carbonyl (C=O) groups is 2. The molecule has 1 aliphatic rings. The number of allylic oxidation sites excluding steroid dienone is 1. The highest BCUT2D eigenvalue weighted by Gasteiger charge is 2.31. The second kappa shape index (κ2) is 6.46. The molecule has 1 unspecified atom stereocenters. The molecule has 0 aliphatic carbocycles.